The van der Waals surface area contributed by atoms with Crippen LogP contribution in [0.1, 0.15) is 12.8 Å². The van der Waals surface area contributed by atoms with Gasteiger partial charge in [0.15, 0.2) is 6.61 Å². The molecule has 0 saturated carbocycles. The summed E-state index contributed by atoms with van der Waals surface area (Å²) in [6, 6.07) is 5.30. The first-order valence-corrected chi connectivity index (χ1v) is 9.14. The van der Waals surface area contributed by atoms with Crippen LogP contribution in [-0.2, 0) is 9.53 Å². The first-order valence-electron chi connectivity index (χ1n) is 8.39. The summed E-state index contributed by atoms with van der Waals surface area (Å²) in [5, 5.41) is 12.9. The van der Waals surface area contributed by atoms with Crippen molar-refractivity contribution in [3.63, 3.8) is 0 Å². The number of morpholine rings is 1. The van der Waals surface area contributed by atoms with Crippen LogP contribution in [0.2, 0.25) is 10.0 Å². The number of carbonyl (C=O) groups excluding carboxylic acids is 1. The SMILES string of the molecule is O=C(COc1ccc(Cl)cc1Cl)N[C@H]1C[C@H]2CO[C@@H](CCO)CN2C1. The van der Waals surface area contributed by atoms with E-state index in [0.29, 0.717) is 34.9 Å². The van der Waals surface area contributed by atoms with E-state index in [1.54, 1.807) is 18.2 Å². The van der Waals surface area contributed by atoms with Gasteiger partial charge in [0.25, 0.3) is 5.91 Å². The molecule has 2 saturated heterocycles. The van der Waals surface area contributed by atoms with Crippen molar-refractivity contribution < 1.29 is 19.4 Å². The van der Waals surface area contributed by atoms with Crippen LogP contribution in [0.4, 0.5) is 0 Å². The lowest BCUT2D eigenvalue weighted by molar-refractivity contribution is -0.123. The number of hydrogen-bond donors (Lipinski definition) is 2. The van der Waals surface area contributed by atoms with Gasteiger partial charge < -0.3 is 19.9 Å². The monoisotopic (exact) mass is 388 g/mol. The maximum absolute atomic E-state index is 12.1. The summed E-state index contributed by atoms with van der Waals surface area (Å²) in [7, 11) is 0. The van der Waals surface area contributed by atoms with Crippen molar-refractivity contribution >= 4 is 29.1 Å². The number of halogens is 2. The van der Waals surface area contributed by atoms with E-state index in [-0.39, 0.29) is 31.3 Å². The fourth-order valence-corrected chi connectivity index (χ4v) is 3.83. The predicted molar refractivity (Wildman–Crippen MR) is 95.3 cm³/mol. The average molecular weight is 389 g/mol. The Morgan fingerprint density at radius 2 is 2.24 bits per heavy atom. The lowest BCUT2D eigenvalue weighted by Gasteiger charge is -2.34. The highest BCUT2D eigenvalue weighted by Gasteiger charge is 2.37. The molecule has 2 aliphatic heterocycles. The highest BCUT2D eigenvalue weighted by molar-refractivity contribution is 6.35. The third-order valence-corrected chi connectivity index (χ3v) is 5.09. The first-order chi connectivity index (χ1) is 12.0. The summed E-state index contributed by atoms with van der Waals surface area (Å²) in [5.74, 6) is 0.258. The minimum Gasteiger partial charge on any atom is -0.482 e. The molecule has 2 aliphatic rings. The number of ether oxygens (including phenoxy) is 2. The normalized spacial score (nSPS) is 26.3. The number of nitrogens with one attached hydrogen (secondary N) is 1. The van der Waals surface area contributed by atoms with Gasteiger partial charge in [-0.1, -0.05) is 23.2 Å². The summed E-state index contributed by atoms with van der Waals surface area (Å²) in [5.41, 5.74) is 0. The summed E-state index contributed by atoms with van der Waals surface area (Å²) in [4.78, 5) is 14.5. The van der Waals surface area contributed by atoms with E-state index in [1.807, 2.05) is 0 Å². The molecule has 138 valence electrons. The smallest absolute Gasteiger partial charge is 0.258 e. The number of aliphatic hydroxyl groups excluding tert-OH is 1. The van der Waals surface area contributed by atoms with Gasteiger partial charge in [-0.25, -0.2) is 0 Å². The van der Waals surface area contributed by atoms with Crippen LogP contribution in [0.5, 0.6) is 5.75 Å². The maximum Gasteiger partial charge on any atom is 0.258 e. The molecule has 1 amide bonds. The Balaban J connectivity index is 1.44. The van der Waals surface area contributed by atoms with E-state index < -0.39 is 0 Å². The van der Waals surface area contributed by atoms with Crippen LogP contribution in [0.3, 0.4) is 0 Å². The molecule has 2 heterocycles. The van der Waals surface area contributed by atoms with E-state index in [0.717, 1.165) is 19.5 Å². The second-order valence-corrected chi connectivity index (χ2v) is 7.28. The summed E-state index contributed by atoms with van der Waals surface area (Å²) < 4.78 is 11.2. The molecule has 2 N–H and O–H groups in total. The van der Waals surface area contributed by atoms with Crippen LogP contribution in [0.15, 0.2) is 18.2 Å². The van der Waals surface area contributed by atoms with Gasteiger partial charge in [-0.2, -0.15) is 0 Å². The van der Waals surface area contributed by atoms with Gasteiger partial charge in [-0.05, 0) is 31.0 Å². The molecule has 0 spiro atoms. The number of amides is 1. The standard InChI is InChI=1S/C17H22Cl2N2O4/c18-11-1-2-16(15(19)5-11)25-10-17(23)20-12-6-13-9-24-14(3-4-22)8-21(13)7-12/h1-2,5,12-14,22H,3-4,6-10H2,(H,20,23)/t12-,13-,14-/m0/s1. The van der Waals surface area contributed by atoms with Crippen molar-refractivity contribution in [2.75, 3.05) is 32.9 Å². The first kappa shape index (κ1) is 18.7. The van der Waals surface area contributed by atoms with Gasteiger partial charge in [0.1, 0.15) is 5.75 Å². The lowest BCUT2D eigenvalue weighted by atomic mass is 10.1. The Kier molecular flexibility index (Phi) is 6.41. The molecule has 2 fully saturated rings. The summed E-state index contributed by atoms with van der Waals surface area (Å²) in [6.07, 6.45) is 1.58. The van der Waals surface area contributed by atoms with Crippen LogP contribution < -0.4 is 10.1 Å². The zero-order valence-corrected chi connectivity index (χ0v) is 15.3. The van der Waals surface area contributed by atoms with E-state index in [1.165, 1.54) is 0 Å². The number of carbonyl (C=O) groups is 1. The molecule has 25 heavy (non-hydrogen) atoms. The molecule has 0 aromatic heterocycles. The quantitative estimate of drug-likeness (QED) is 0.775. The van der Waals surface area contributed by atoms with E-state index in [2.05, 4.69) is 10.2 Å². The minimum atomic E-state index is -0.177. The third-order valence-electron chi connectivity index (χ3n) is 4.56. The Morgan fingerprint density at radius 1 is 1.40 bits per heavy atom. The number of fused-ring (bicyclic) bond motifs is 1. The van der Waals surface area contributed by atoms with Crippen LogP contribution in [-0.4, -0.2) is 67.0 Å². The second kappa shape index (κ2) is 8.56. The molecule has 0 aliphatic carbocycles. The summed E-state index contributed by atoms with van der Waals surface area (Å²) in [6.45, 7) is 2.28. The molecule has 0 radical (unpaired) electrons. The number of rotatable bonds is 6. The van der Waals surface area contributed by atoms with Crippen LogP contribution >= 0.6 is 23.2 Å². The third kappa shape index (κ3) is 4.99. The Hall–Kier alpha value is -1.05. The molecule has 1 aromatic rings. The number of hydrogen-bond acceptors (Lipinski definition) is 5. The largest absolute Gasteiger partial charge is 0.482 e. The second-order valence-electron chi connectivity index (χ2n) is 6.44. The molecule has 0 unspecified atom stereocenters. The lowest BCUT2D eigenvalue weighted by Crippen LogP contribution is -2.46. The van der Waals surface area contributed by atoms with E-state index >= 15 is 0 Å². The van der Waals surface area contributed by atoms with Crippen LogP contribution in [0, 0.1) is 0 Å². The highest BCUT2D eigenvalue weighted by atomic mass is 35.5. The van der Waals surface area contributed by atoms with Crippen LogP contribution in [0.25, 0.3) is 0 Å². The molecule has 3 rings (SSSR count). The molecular weight excluding hydrogens is 367 g/mol. The van der Waals surface area contributed by atoms with Crippen molar-refractivity contribution in [2.24, 2.45) is 0 Å². The number of benzene rings is 1. The molecule has 6 nitrogen and oxygen atoms in total. The van der Waals surface area contributed by atoms with Gasteiger partial charge in [-0.3, -0.25) is 9.69 Å². The van der Waals surface area contributed by atoms with Crippen molar-refractivity contribution in [3.05, 3.63) is 28.2 Å². The van der Waals surface area contributed by atoms with E-state index in [9.17, 15) is 4.79 Å². The minimum absolute atomic E-state index is 0.0751. The Bertz CT molecular complexity index is 616. The zero-order valence-electron chi connectivity index (χ0n) is 13.8. The van der Waals surface area contributed by atoms with Gasteiger partial charge in [0, 0.05) is 36.8 Å². The van der Waals surface area contributed by atoms with Gasteiger partial charge in [-0.15, -0.1) is 0 Å². The van der Waals surface area contributed by atoms with Crippen molar-refractivity contribution in [1.29, 1.82) is 0 Å². The number of aliphatic hydroxyl groups is 1. The van der Waals surface area contributed by atoms with Crippen molar-refractivity contribution in [3.8, 4) is 5.75 Å². The molecule has 1 aromatic carbocycles. The molecule has 0 bridgehead atoms. The highest BCUT2D eigenvalue weighted by Crippen LogP contribution is 2.27. The molecule has 3 atom stereocenters. The average Bonchev–Trinajstić information content (AvgIpc) is 2.95. The zero-order chi connectivity index (χ0) is 17.8. The topological polar surface area (TPSA) is 71.0 Å². The van der Waals surface area contributed by atoms with E-state index in [4.69, 9.17) is 37.8 Å². The predicted octanol–water partition coefficient (Wildman–Crippen LogP) is 1.71. The molecule has 8 heteroatoms. The Morgan fingerprint density at radius 3 is 3.00 bits per heavy atom. The fourth-order valence-electron chi connectivity index (χ4n) is 3.37. The maximum atomic E-state index is 12.1. The van der Waals surface area contributed by atoms with Gasteiger partial charge in [0.05, 0.1) is 17.7 Å². The fraction of sp³-hybridized carbons (Fsp3) is 0.588. The van der Waals surface area contributed by atoms with Crippen molar-refractivity contribution in [2.45, 2.75) is 31.0 Å². The molecular formula is C17H22Cl2N2O4. The van der Waals surface area contributed by atoms with Gasteiger partial charge in [0.2, 0.25) is 0 Å². The van der Waals surface area contributed by atoms with Crippen molar-refractivity contribution in [1.82, 2.24) is 10.2 Å². The Labute approximate surface area is 157 Å². The van der Waals surface area contributed by atoms with Gasteiger partial charge >= 0.3 is 0 Å². The summed E-state index contributed by atoms with van der Waals surface area (Å²) >= 11 is 11.9. The number of nitrogens with zero attached hydrogens (tertiary/aromatic N) is 1.